The number of hydrogen-bond acceptors (Lipinski definition) is 5. The summed E-state index contributed by atoms with van der Waals surface area (Å²) >= 11 is 0. The average molecular weight is 387 g/mol. The molecule has 1 atom stereocenters. The number of nitrogens with zero attached hydrogens (tertiary/aromatic N) is 4. The van der Waals surface area contributed by atoms with Crippen molar-refractivity contribution in [1.29, 1.82) is 0 Å². The fourth-order valence-corrected chi connectivity index (χ4v) is 3.82. The highest BCUT2D eigenvalue weighted by molar-refractivity contribution is 5.89. The van der Waals surface area contributed by atoms with Crippen LogP contribution in [0.15, 0.2) is 42.7 Å². The van der Waals surface area contributed by atoms with Gasteiger partial charge in [-0.1, -0.05) is 30.3 Å². The molecular weight excluding hydrogens is 367 g/mol. The highest BCUT2D eigenvalue weighted by Crippen LogP contribution is 2.38. The predicted molar refractivity (Wildman–Crippen MR) is 100 cm³/mol. The monoisotopic (exact) mass is 387 g/mol. The molecule has 1 aromatic carbocycles. The number of benzene rings is 1. The van der Waals surface area contributed by atoms with Gasteiger partial charge in [0, 0.05) is 24.7 Å². The van der Waals surface area contributed by atoms with Gasteiger partial charge in [-0.25, -0.2) is 15.0 Å². The molecule has 1 fully saturated rings. The van der Waals surface area contributed by atoms with Crippen LogP contribution in [0.3, 0.4) is 0 Å². The van der Waals surface area contributed by atoms with Gasteiger partial charge < -0.3 is 5.73 Å². The molecule has 0 bridgehead atoms. The lowest BCUT2D eigenvalue weighted by molar-refractivity contribution is -0.136. The first kappa shape index (κ1) is 18.6. The van der Waals surface area contributed by atoms with E-state index in [0.29, 0.717) is 12.2 Å². The summed E-state index contributed by atoms with van der Waals surface area (Å²) in [4.78, 5) is 14.3. The van der Waals surface area contributed by atoms with Gasteiger partial charge in [-0.2, -0.15) is 13.2 Å². The molecule has 0 radical (unpaired) electrons. The highest BCUT2D eigenvalue weighted by atomic mass is 19.4. The van der Waals surface area contributed by atoms with Crippen molar-refractivity contribution < 1.29 is 13.2 Å². The van der Waals surface area contributed by atoms with Crippen LogP contribution in [-0.2, 0) is 12.7 Å². The molecule has 8 heteroatoms. The van der Waals surface area contributed by atoms with Gasteiger partial charge in [0.25, 0.3) is 0 Å². The maximum atomic E-state index is 13.7. The summed E-state index contributed by atoms with van der Waals surface area (Å²) in [7, 11) is 0. The van der Waals surface area contributed by atoms with Gasteiger partial charge in [-0.15, -0.1) is 0 Å². The van der Waals surface area contributed by atoms with Gasteiger partial charge in [0.1, 0.15) is 12.1 Å². The molecule has 2 aromatic heterocycles. The Labute approximate surface area is 160 Å². The Kier molecular flexibility index (Phi) is 4.89. The average Bonchev–Trinajstić information content (AvgIpc) is 2.68. The van der Waals surface area contributed by atoms with E-state index in [0.717, 1.165) is 38.3 Å². The van der Waals surface area contributed by atoms with Crippen LogP contribution in [-0.4, -0.2) is 32.9 Å². The standard InChI is InChI=1S/C20H20F3N5/c21-20(22,23)15-9-16(27-19-17(15)18(24)25-12-26-19)14-7-4-8-28(11-14)10-13-5-2-1-3-6-13/h1-3,5-6,9,12,14H,4,7-8,10-11H2,(H2,24,25,26,27)/t14-/m1/s1. The Morgan fingerprint density at radius 2 is 1.93 bits per heavy atom. The van der Waals surface area contributed by atoms with E-state index in [9.17, 15) is 13.2 Å². The second-order valence-corrected chi connectivity index (χ2v) is 7.11. The molecule has 4 rings (SSSR count). The van der Waals surface area contributed by atoms with E-state index in [2.05, 4.69) is 32.0 Å². The van der Waals surface area contributed by atoms with E-state index < -0.39 is 11.7 Å². The zero-order valence-corrected chi connectivity index (χ0v) is 15.2. The molecule has 0 saturated carbocycles. The summed E-state index contributed by atoms with van der Waals surface area (Å²) in [5.74, 6) is -0.287. The molecular formula is C20H20F3N5. The summed E-state index contributed by atoms with van der Waals surface area (Å²) in [6.07, 6.45) is -1.70. The molecule has 3 aromatic rings. The maximum absolute atomic E-state index is 13.7. The van der Waals surface area contributed by atoms with Crippen molar-refractivity contribution in [3.63, 3.8) is 0 Å². The van der Waals surface area contributed by atoms with Gasteiger partial charge in [0.05, 0.1) is 10.9 Å². The van der Waals surface area contributed by atoms with Crippen LogP contribution >= 0.6 is 0 Å². The van der Waals surface area contributed by atoms with Crippen LogP contribution in [0.4, 0.5) is 19.0 Å². The first-order chi connectivity index (χ1) is 13.4. The first-order valence-corrected chi connectivity index (χ1v) is 9.16. The van der Waals surface area contributed by atoms with Crippen molar-refractivity contribution in [3.8, 4) is 0 Å². The van der Waals surface area contributed by atoms with Gasteiger partial charge in [-0.3, -0.25) is 4.90 Å². The van der Waals surface area contributed by atoms with Crippen molar-refractivity contribution in [2.45, 2.75) is 31.5 Å². The first-order valence-electron chi connectivity index (χ1n) is 9.16. The molecule has 1 aliphatic rings. The molecule has 146 valence electrons. The molecule has 1 saturated heterocycles. The minimum atomic E-state index is -4.55. The number of halogens is 3. The molecule has 1 aliphatic heterocycles. The number of pyridine rings is 1. The zero-order valence-electron chi connectivity index (χ0n) is 15.2. The number of hydrogen-bond donors (Lipinski definition) is 1. The third kappa shape index (κ3) is 3.77. The largest absolute Gasteiger partial charge is 0.417 e. The number of likely N-dealkylation sites (tertiary alicyclic amines) is 1. The lowest BCUT2D eigenvalue weighted by Gasteiger charge is -2.32. The number of anilines is 1. The van der Waals surface area contributed by atoms with E-state index in [1.165, 1.54) is 5.56 Å². The van der Waals surface area contributed by atoms with Crippen LogP contribution in [0.1, 0.15) is 35.6 Å². The topological polar surface area (TPSA) is 67.9 Å². The number of nitrogens with two attached hydrogens (primary N) is 1. The Bertz CT molecular complexity index is 975. The van der Waals surface area contributed by atoms with Crippen LogP contribution in [0.5, 0.6) is 0 Å². The SMILES string of the molecule is Nc1ncnc2nc([C@@H]3CCCN(Cc4ccccc4)C3)cc(C(F)(F)F)c12. The van der Waals surface area contributed by atoms with Crippen molar-refractivity contribution >= 4 is 16.9 Å². The Hall–Kier alpha value is -2.74. The van der Waals surface area contributed by atoms with Crippen molar-refractivity contribution in [2.75, 3.05) is 18.8 Å². The Morgan fingerprint density at radius 3 is 2.68 bits per heavy atom. The van der Waals surface area contributed by atoms with Crippen LogP contribution < -0.4 is 5.73 Å². The van der Waals surface area contributed by atoms with Crippen LogP contribution in [0, 0.1) is 0 Å². The fourth-order valence-electron chi connectivity index (χ4n) is 3.82. The minimum absolute atomic E-state index is 0.00231. The van der Waals surface area contributed by atoms with Crippen LogP contribution in [0.2, 0.25) is 0 Å². The summed E-state index contributed by atoms with van der Waals surface area (Å²) in [6.45, 7) is 2.34. The lowest BCUT2D eigenvalue weighted by Crippen LogP contribution is -2.34. The van der Waals surface area contributed by atoms with Crippen molar-refractivity contribution in [1.82, 2.24) is 19.9 Å². The van der Waals surface area contributed by atoms with Gasteiger partial charge in [0.15, 0.2) is 5.65 Å². The fraction of sp³-hybridized carbons (Fsp3) is 0.350. The summed E-state index contributed by atoms with van der Waals surface area (Å²) in [6, 6.07) is 11.2. The number of piperidine rings is 1. The van der Waals surface area contributed by atoms with Gasteiger partial charge in [0.2, 0.25) is 0 Å². The molecule has 0 aliphatic carbocycles. The Morgan fingerprint density at radius 1 is 1.14 bits per heavy atom. The molecule has 3 heterocycles. The van der Waals surface area contributed by atoms with Gasteiger partial charge >= 0.3 is 6.18 Å². The molecule has 0 unspecified atom stereocenters. The molecule has 0 spiro atoms. The molecule has 5 nitrogen and oxygen atoms in total. The molecule has 28 heavy (non-hydrogen) atoms. The van der Waals surface area contributed by atoms with E-state index in [1.807, 2.05) is 18.2 Å². The van der Waals surface area contributed by atoms with Gasteiger partial charge in [-0.05, 0) is 31.0 Å². The third-order valence-electron chi connectivity index (χ3n) is 5.13. The number of fused-ring (bicyclic) bond motifs is 1. The number of rotatable bonds is 3. The number of nitrogen functional groups attached to an aromatic ring is 1. The normalized spacial score (nSPS) is 18.5. The second-order valence-electron chi connectivity index (χ2n) is 7.11. The number of aromatic nitrogens is 3. The smallest absolute Gasteiger partial charge is 0.383 e. The van der Waals surface area contributed by atoms with E-state index in [1.54, 1.807) is 0 Å². The van der Waals surface area contributed by atoms with Crippen molar-refractivity contribution in [3.05, 3.63) is 59.5 Å². The Balaban J connectivity index is 1.66. The minimum Gasteiger partial charge on any atom is -0.383 e. The predicted octanol–water partition coefficient (Wildman–Crippen LogP) is 4.01. The zero-order chi connectivity index (χ0) is 19.7. The van der Waals surface area contributed by atoms with E-state index >= 15 is 0 Å². The lowest BCUT2D eigenvalue weighted by atomic mass is 9.92. The summed E-state index contributed by atoms with van der Waals surface area (Å²) in [5.41, 5.74) is 6.47. The number of alkyl halides is 3. The summed E-state index contributed by atoms with van der Waals surface area (Å²) < 4.78 is 41.0. The molecule has 2 N–H and O–H groups in total. The molecule has 0 amide bonds. The quantitative estimate of drug-likeness (QED) is 0.736. The summed E-state index contributed by atoms with van der Waals surface area (Å²) in [5, 5.41) is -0.226. The van der Waals surface area contributed by atoms with E-state index in [4.69, 9.17) is 5.73 Å². The maximum Gasteiger partial charge on any atom is 0.417 e. The van der Waals surface area contributed by atoms with Crippen LogP contribution in [0.25, 0.3) is 11.0 Å². The van der Waals surface area contributed by atoms with Crippen molar-refractivity contribution in [2.24, 2.45) is 0 Å². The highest BCUT2D eigenvalue weighted by Gasteiger charge is 2.36. The second kappa shape index (κ2) is 7.35. The van der Waals surface area contributed by atoms with E-state index in [-0.39, 0.29) is 22.8 Å². The third-order valence-corrected chi connectivity index (χ3v) is 5.13.